The summed E-state index contributed by atoms with van der Waals surface area (Å²) < 4.78 is 3.76. The SMILES string of the molecule is Cc1cc(Sc2c(CN)c(C)nn2C)n(C)n1. The van der Waals surface area contributed by atoms with E-state index >= 15 is 0 Å². The van der Waals surface area contributed by atoms with Gasteiger partial charge in [-0.2, -0.15) is 10.2 Å². The molecule has 0 saturated heterocycles. The fraction of sp³-hybridized carbons (Fsp3) is 0.455. The van der Waals surface area contributed by atoms with Crippen LogP contribution in [0.1, 0.15) is 17.0 Å². The molecule has 6 heteroatoms. The molecule has 0 fully saturated rings. The summed E-state index contributed by atoms with van der Waals surface area (Å²) in [6, 6.07) is 2.06. The fourth-order valence-electron chi connectivity index (χ4n) is 1.82. The molecule has 0 aliphatic carbocycles. The van der Waals surface area contributed by atoms with Gasteiger partial charge < -0.3 is 5.73 Å². The van der Waals surface area contributed by atoms with Gasteiger partial charge in [-0.3, -0.25) is 9.36 Å². The van der Waals surface area contributed by atoms with Crippen LogP contribution in [-0.2, 0) is 20.6 Å². The van der Waals surface area contributed by atoms with E-state index in [1.165, 1.54) is 0 Å². The average molecular weight is 251 g/mol. The van der Waals surface area contributed by atoms with Crippen LogP contribution in [0.15, 0.2) is 16.1 Å². The predicted molar refractivity (Wildman–Crippen MR) is 67.9 cm³/mol. The average Bonchev–Trinajstić information content (AvgIpc) is 2.69. The topological polar surface area (TPSA) is 61.7 Å². The maximum absolute atomic E-state index is 5.77. The van der Waals surface area contributed by atoms with Gasteiger partial charge in [-0.25, -0.2) is 0 Å². The highest BCUT2D eigenvalue weighted by atomic mass is 32.2. The van der Waals surface area contributed by atoms with Gasteiger partial charge in [-0.05, 0) is 19.9 Å². The van der Waals surface area contributed by atoms with Crippen LogP contribution in [0, 0.1) is 13.8 Å². The van der Waals surface area contributed by atoms with Gasteiger partial charge in [0.25, 0.3) is 0 Å². The second kappa shape index (κ2) is 4.54. The number of aromatic nitrogens is 4. The second-order valence-corrected chi connectivity index (χ2v) is 5.06. The minimum atomic E-state index is 0.513. The summed E-state index contributed by atoms with van der Waals surface area (Å²) in [5.74, 6) is 0. The molecule has 0 spiro atoms. The van der Waals surface area contributed by atoms with Crippen molar-refractivity contribution in [3.05, 3.63) is 23.0 Å². The first-order chi connectivity index (χ1) is 8.02. The maximum Gasteiger partial charge on any atom is 0.105 e. The minimum absolute atomic E-state index is 0.513. The van der Waals surface area contributed by atoms with Crippen LogP contribution >= 0.6 is 11.8 Å². The lowest BCUT2D eigenvalue weighted by Gasteiger charge is -2.04. The molecule has 2 aromatic heterocycles. The molecule has 2 aromatic rings. The Kier molecular flexibility index (Phi) is 3.26. The number of hydrogen-bond acceptors (Lipinski definition) is 4. The van der Waals surface area contributed by atoms with Crippen LogP contribution in [0.4, 0.5) is 0 Å². The molecule has 0 aliphatic rings. The molecule has 2 rings (SSSR count). The first kappa shape index (κ1) is 12.2. The predicted octanol–water partition coefficient (Wildman–Crippen LogP) is 1.38. The van der Waals surface area contributed by atoms with Crippen LogP contribution in [0.5, 0.6) is 0 Å². The van der Waals surface area contributed by atoms with Crippen molar-refractivity contribution in [1.82, 2.24) is 19.6 Å². The number of aryl methyl sites for hydroxylation is 4. The van der Waals surface area contributed by atoms with Crippen LogP contribution in [0.2, 0.25) is 0 Å². The molecule has 2 heterocycles. The molecule has 0 bridgehead atoms. The molecular formula is C11H17N5S. The molecule has 0 aliphatic heterocycles. The monoisotopic (exact) mass is 251 g/mol. The van der Waals surface area contributed by atoms with Gasteiger partial charge in [0.15, 0.2) is 0 Å². The van der Waals surface area contributed by atoms with Crippen molar-refractivity contribution in [1.29, 1.82) is 0 Å². The number of nitrogens with zero attached hydrogens (tertiary/aromatic N) is 4. The third-order valence-electron chi connectivity index (χ3n) is 2.65. The first-order valence-electron chi connectivity index (χ1n) is 5.44. The zero-order chi connectivity index (χ0) is 12.6. The van der Waals surface area contributed by atoms with E-state index in [4.69, 9.17) is 5.73 Å². The van der Waals surface area contributed by atoms with Crippen molar-refractivity contribution in [3.63, 3.8) is 0 Å². The molecule has 0 unspecified atom stereocenters. The van der Waals surface area contributed by atoms with E-state index in [0.717, 1.165) is 27.0 Å². The summed E-state index contributed by atoms with van der Waals surface area (Å²) in [5.41, 5.74) is 8.89. The Morgan fingerprint density at radius 3 is 2.47 bits per heavy atom. The highest BCUT2D eigenvalue weighted by molar-refractivity contribution is 7.99. The van der Waals surface area contributed by atoms with Crippen molar-refractivity contribution in [2.45, 2.75) is 30.4 Å². The van der Waals surface area contributed by atoms with E-state index in [2.05, 4.69) is 16.3 Å². The standard InChI is InChI=1S/C11H17N5S/c1-7-5-10(15(3)13-7)17-11-9(6-12)8(2)14-16(11)4/h5H,6,12H2,1-4H3. The summed E-state index contributed by atoms with van der Waals surface area (Å²) >= 11 is 1.65. The van der Waals surface area contributed by atoms with Crippen LogP contribution < -0.4 is 5.73 Å². The number of nitrogens with two attached hydrogens (primary N) is 1. The van der Waals surface area contributed by atoms with Crippen molar-refractivity contribution in [2.24, 2.45) is 19.8 Å². The Morgan fingerprint density at radius 2 is 1.94 bits per heavy atom. The lowest BCUT2D eigenvalue weighted by Crippen LogP contribution is -2.01. The Bertz CT molecular complexity index is 540. The van der Waals surface area contributed by atoms with Crippen LogP contribution in [-0.4, -0.2) is 19.6 Å². The summed E-state index contributed by atoms with van der Waals surface area (Å²) in [4.78, 5) is 0. The second-order valence-electron chi connectivity index (χ2n) is 4.05. The summed E-state index contributed by atoms with van der Waals surface area (Å²) in [5, 5.41) is 10.9. The molecule has 0 atom stereocenters. The van der Waals surface area contributed by atoms with E-state index in [1.54, 1.807) is 11.8 Å². The summed E-state index contributed by atoms with van der Waals surface area (Å²) in [6.45, 7) is 4.49. The molecule has 0 radical (unpaired) electrons. The van der Waals surface area contributed by atoms with Gasteiger partial charge in [-0.1, -0.05) is 11.8 Å². The summed E-state index contributed by atoms with van der Waals surface area (Å²) in [7, 11) is 3.89. The lowest BCUT2D eigenvalue weighted by molar-refractivity contribution is 0.674. The van der Waals surface area contributed by atoms with Gasteiger partial charge in [-0.15, -0.1) is 0 Å². The molecule has 17 heavy (non-hydrogen) atoms. The highest BCUT2D eigenvalue weighted by Crippen LogP contribution is 2.31. The third-order valence-corrected chi connectivity index (χ3v) is 3.95. The van der Waals surface area contributed by atoms with Crippen LogP contribution in [0.3, 0.4) is 0 Å². The molecule has 5 nitrogen and oxygen atoms in total. The Labute approximate surface area is 105 Å². The van der Waals surface area contributed by atoms with Gasteiger partial charge in [0.05, 0.1) is 11.4 Å². The maximum atomic E-state index is 5.77. The normalized spacial score (nSPS) is 11.1. The molecule has 92 valence electrons. The largest absolute Gasteiger partial charge is 0.326 e. The Balaban J connectivity index is 2.39. The molecule has 0 aromatic carbocycles. The first-order valence-corrected chi connectivity index (χ1v) is 6.25. The van der Waals surface area contributed by atoms with Crippen molar-refractivity contribution < 1.29 is 0 Å². The third kappa shape index (κ3) is 2.23. The smallest absolute Gasteiger partial charge is 0.105 e. The van der Waals surface area contributed by atoms with Crippen molar-refractivity contribution in [3.8, 4) is 0 Å². The van der Waals surface area contributed by atoms with Crippen molar-refractivity contribution in [2.75, 3.05) is 0 Å². The van der Waals surface area contributed by atoms with Crippen LogP contribution in [0.25, 0.3) is 0 Å². The van der Waals surface area contributed by atoms with E-state index in [9.17, 15) is 0 Å². The van der Waals surface area contributed by atoms with E-state index in [-0.39, 0.29) is 0 Å². The Morgan fingerprint density at radius 1 is 1.24 bits per heavy atom. The van der Waals surface area contributed by atoms with Gasteiger partial charge in [0.1, 0.15) is 10.1 Å². The number of rotatable bonds is 3. The van der Waals surface area contributed by atoms with Gasteiger partial charge >= 0.3 is 0 Å². The zero-order valence-electron chi connectivity index (χ0n) is 10.6. The minimum Gasteiger partial charge on any atom is -0.326 e. The highest BCUT2D eigenvalue weighted by Gasteiger charge is 2.15. The van der Waals surface area contributed by atoms with Crippen molar-refractivity contribution >= 4 is 11.8 Å². The quantitative estimate of drug-likeness (QED) is 0.895. The zero-order valence-corrected chi connectivity index (χ0v) is 11.4. The molecule has 0 amide bonds. The Hall–Kier alpha value is -1.27. The number of hydrogen-bond donors (Lipinski definition) is 1. The molecular weight excluding hydrogens is 234 g/mol. The molecule has 2 N–H and O–H groups in total. The molecule has 0 saturated carbocycles. The fourth-order valence-corrected chi connectivity index (χ4v) is 2.95. The van der Waals surface area contributed by atoms with E-state index in [0.29, 0.717) is 6.54 Å². The van der Waals surface area contributed by atoms with Gasteiger partial charge in [0.2, 0.25) is 0 Å². The summed E-state index contributed by atoms with van der Waals surface area (Å²) in [6.07, 6.45) is 0. The lowest BCUT2D eigenvalue weighted by atomic mass is 10.3. The van der Waals surface area contributed by atoms with E-state index in [1.807, 2.05) is 37.3 Å². The van der Waals surface area contributed by atoms with E-state index < -0.39 is 0 Å². The van der Waals surface area contributed by atoms with Gasteiger partial charge in [0, 0.05) is 26.2 Å².